The van der Waals surface area contributed by atoms with E-state index in [9.17, 15) is 8.42 Å². The molecule has 0 amide bonds. The highest BCUT2D eigenvalue weighted by molar-refractivity contribution is 7.88. The van der Waals surface area contributed by atoms with E-state index in [0.29, 0.717) is 25.5 Å². The van der Waals surface area contributed by atoms with Gasteiger partial charge in [0, 0.05) is 24.7 Å². The highest BCUT2D eigenvalue weighted by Crippen LogP contribution is 2.22. The molecule has 20 heavy (non-hydrogen) atoms. The molecule has 0 radical (unpaired) electrons. The fourth-order valence-electron chi connectivity index (χ4n) is 1.81. The van der Waals surface area contributed by atoms with Crippen molar-refractivity contribution < 1.29 is 13.2 Å². The minimum absolute atomic E-state index is 0.434. The van der Waals surface area contributed by atoms with Crippen LogP contribution in [0.2, 0.25) is 0 Å². The van der Waals surface area contributed by atoms with Crippen LogP contribution in [0.3, 0.4) is 0 Å². The van der Waals surface area contributed by atoms with Crippen molar-refractivity contribution in [3.8, 4) is 5.88 Å². The van der Waals surface area contributed by atoms with Crippen LogP contribution in [0, 0.1) is 0 Å². The summed E-state index contributed by atoms with van der Waals surface area (Å²) >= 11 is 1.56. The Morgan fingerprint density at radius 2 is 2.25 bits per heavy atom. The molecule has 2 heterocycles. The fraction of sp³-hybridized carbons (Fsp3) is 0.545. The van der Waals surface area contributed by atoms with E-state index in [4.69, 9.17) is 4.74 Å². The molecular formula is C11H18N4O3S2. The molecule has 2 aromatic heterocycles. The van der Waals surface area contributed by atoms with E-state index in [-0.39, 0.29) is 0 Å². The van der Waals surface area contributed by atoms with Crippen LogP contribution in [0.4, 0.5) is 0 Å². The van der Waals surface area contributed by atoms with Crippen molar-refractivity contribution in [3.63, 3.8) is 0 Å². The summed E-state index contributed by atoms with van der Waals surface area (Å²) in [5.74, 6) is 0.624. The van der Waals surface area contributed by atoms with Crippen molar-refractivity contribution >= 4 is 26.3 Å². The molecule has 0 spiro atoms. The van der Waals surface area contributed by atoms with Gasteiger partial charge < -0.3 is 10.1 Å². The van der Waals surface area contributed by atoms with Gasteiger partial charge in [-0.25, -0.2) is 13.1 Å². The number of nitrogens with zero attached hydrogens (tertiary/aromatic N) is 2. The average Bonchev–Trinajstić information content (AvgIpc) is 2.93. The van der Waals surface area contributed by atoms with Gasteiger partial charge in [0.25, 0.3) is 0 Å². The minimum atomic E-state index is -3.10. The fourth-order valence-corrected chi connectivity index (χ4v) is 3.05. The summed E-state index contributed by atoms with van der Waals surface area (Å²) < 4.78 is 31.5. The monoisotopic (exact) mass is 318 g/mol. The number of nitrogens with one attached hydrogen (secondary N) is 2. The molecule has 2 rings (SSSR count). The van der Waals surface area contributed by atoms with E-state index in [1.165, 1.54) is 0 Å². The summed E-state index contributed by atoms with van der Waals surface area (Å²) in [5, 5.41) is 5.23. The van der Waals surface area contributed by atoms with Crippen molar-refractivity contribution in [2.75, 3.05) is 26.5 Å². The topological polar surface area (TPSA) is 84.7 Å². The zero-order valence-corrected chi connectivity index (χ0v) is 13.1. The molecule has 7 nitrogen and oxygen atoms in total. The molecule has 0 atom stereocenters. The zero-order chi connectivity index (χ0) is 14.6. The quantitative estimate of drug-likeness (QED) is 0.690. The molecule has 9 heteroatoms. The molecule has 0 saturated heterocycles. The minimum Gasteiger partial charge on any atom is -0.480 e. The van der Waals surface area contributed by atoms with Crippen LogP contribution >= 0.6 is 11.3 Å². The van der Waals surface area contributed by atoms with Crippen molar-refractivity contribution in [2.24, 2.45) is 0 Å². The Morgan fingerprint density at radius 3 is 2.95 bits per heavy atom. The molecule has 0 fully saturated rings. The summed E-state index contributed by atoms with van der Waals surface area (Å²) in [6, 6.07) is 0. The third-order valence-electron chi connectivity index (χ3n) is 2.70. The third kappa shape index (κ3) is 3.92. The molecular weight excluding hydrogens is 300 g/mol. The Labute approximate surface area is 122 Å². The summed E-state index contributed by atoms with van der Waals surface area (Å²) in [6.07, 6.45) is 3.84. The summed E-state index contributed by atoms with van der Waals surface area (Å²) in [4.78, 5) is 5.27. The maximum Gasteiger partial charge on any atom is 0.237 e. The Morgan fingerprint density at radius 1 is 1.45 bits per heavy atom. The molecule has 0 bridgehead atoms. The van der Waals surface area contributed by atoms with Gasteiger partial charge in [0.15, 0.2) is 4.96 Å². The molecule has 2 aromatic rings. The van der Waals surface area contributed by atoms with Gasteiger partial charge in [0.05, 0.1) is 13.4 Å². The first kappa shape index (κ1) is 15.2. The molecule has 112 valence electrons. The summed E-state index contributed by atoms with van der Waals surface area (Å²) in [6.45, 7) is 1.77. The number of hydrogen-bond acceptors (Lipinski definition) is 6. The lowest BCUT2D eigenvalue weighted by Crippen LogP contribution is -2.26. The molecule has 2 N–H and O–H groups in total. The molecule has 0 aliphatic rings. The number of hydrogen-bond donors (Lipinski definition) is 2. The Hall–Kier alpha value is -1.16. The van der Waals surface area contributed by atoms with Crippen LogP contribution in [0.25, 0.3) is 4.96 Å². The SMILES string of the molecule is COc1nc2sccn2c1CNCCCNS(C)(=O)=O. The average molecular weight is 318 g/mol. The zero-order valence-electron chi connectivity index (χ0n) is 11.4. The van der Waals surface area contributed by atoms with Crippen LogP contribution < -0.4 is 14.8 Å². The Kier molecular flexibility index (Phi) is 4.97. The van der Waals surface area contributed by atoms with Crippen LogP contribution in [-0.2, 0) is 16.6 Å². The normalized spacial score (nSPS) is 12.1. The van der Waals surface area contributed by atoms with E-state index in [1.54, 1.807) is 18.4 Å². The van der Waals surface area contributed by atoms with Gasteiger partial charge in [0.1, 0.15) is 5.69 Å². The lowest BCUT2D eigenvalue weighted by atomic mass is 10.4. The number of rotatable bonds is 8. The Bertz CT molecular complexity index is 662. The first-order chi connectivity index (χ1) is 9.51. The second-order valence-electron chi connectivity index (χ2n) is 4.32. The van der Waals surface area contributed by atoms with Crippen LogP contribution in [-0.4, -0.2) is 44.3 Å². The van der Waals surface area contributed by atoms with Gasteiger partial charge in [-0.1, -0.05) is 0 Å². The number of thiazole rings is 1. The number of aromatic nitrogens is 2. The van der Waals surface area contributed by atoms with E-state index in [1.807, 2.05) is 16.0 Å². The first-order valence-electron chi connectivity index (χ1n) is 6.15. The van der Waals surface area contributed by atoms with Crippen LogP contribution in [0.1, 0.15) is 12.1 Å². The number of sulfonamides is 1. The number of imidazole rings is 1. The molecule has 0 aliphatic carbocycles. The van der Waals surface area contributed by atoms with Crippen LogP contribution in [0.15, 0.2) is 11.6 Å². The van der Waals surface area contributed by atoms with Crippen molar-refractivity contribution in [1.29, 1.82) is 0 Å². The van der Waals surface area contributed by atoms with Crippen LogP contribution in [0.5, 0.6) is 5.88 Å². The highest BCUT2D eigenvalue weighted by Gasteiger charge is 2.12. The maximum absolute atomic E-state index is 10.9. The van der Waals surface area contributed by atoms with Gasteiger partial charge in [-0.2, -0.15) is 4.98 Å². The van der Waals surface area contributed by atoms with E-state index >= 15 is 0 Å². The van der Waals surface area contributed by atoms with E-state index in [0.717, 1.165) is 23.3 Å². The second-order valence-corrected chi connectivity index (χ2v) is 7.03. The highest BCUT2D eigenvalue weighted by atomic mass is 32.2. The Balaban J connectivity index is 1.82. The van der Waals surface area contributed by atoms with Gasteiger partial charge in [-0.3, -0.25) is 4.40 Å². The standard InChI is InChI=1S/C11H18N4O3S2/c1-18-10-9(15-6-7-19-11(15)14-10)8-12-4-3-5-13-20(2,16)17/h6-7,12-13H,3-5,8H2,1-2H3. The summed E-state index contributed by atoms with van der Waals surface area (Å²) in [5.41, 5.74) is 0.972. The smallest absolute Gasteiger partial charge is 0.237 e. The number of ether oxygens (including phenoxy) is 1. The van der Waals surface area contributed by atoms with Crippen molar-refractivity contribution in [3.05, 3.63) is 17.3 Å². The number of fused-ring (bicyclic) bond motifs is 1. The lowest BCUT2D eigenvalue weighted by molar-refractivity contribution is 0.393. The van der Waals surface area contributed by atoms with Gasteiger partial charge >= 0.3 is 0 Å². The van der Waals surface area contributed by atoms with Gasteiger partial charge in [-0.15, -0.1) is 11.3 Å². The third-order valence-corrected chi connectivity index (χ3v) is 4.19. The lowest BCUT2D eigenvalue weighted by Gasteiger charge is -2.06. The van der Waals surface area contributed by atoms with Crippen molar-refractivity contribution in [1.82, 2.24) is 19.4 Å². The summed E-state index contributed by atoms with van der Waals surface area (Å²) in [7, 11) is -1.49. The van der Waals surface area contributed by atoms with Gasteiger partial charge in [0.2, 0.25) is 15.9 Å². The predicted octanol–water partition coefficient (Wildman–Crippen LogP) is 0.433. The second kappa shape index (κ2) is 6.53. The predicted molar refractivity (Wildman–Crippen MR) is 78.8 cm³/mol. The molecule has 0 unspecified atom stereocenters. The van der Waals surface area contributed by atoms with Gasteiger partial charge in [-0.05, 0) is 13.0 Å². The molecule has 0 aliphatic heterocycles. The largest absolute Gasteiger partial charge is 0.480 e. The van der Waals surface area contributed by atoms with Crippen molar-refractivity contribution in [2.45, 2.75) is 13.0 Å². The maximum atomic E-state index is 10.9. The number of methoxy groups -OCH3 is 1. The van der Waals surface area contributed by atoms with E-state index < -0.39 is 10.0 Å². The molecule has 0 aromatic carbocycles. The first-order valence-corrected chi connectivity index (χ1v) is 8.92. The molecule has 0 saturated carbocycles. The van der Waals surface area contributed by atoms with E-state index in [2.05, 4.69) is 15.0 Å².